The van der Waals surface area contributed by atoms with Gasteiger partial charge in [-0.05, 0) is 24.6 Å². The molecule has 0 spiro atoms. The smallest absolute Gasteiger partial charge is 0.314 e. The van der Waals surface area contributed by atoms with Crippen LogP contribution in [0.4, 0.5) is 13.2 Å². The van der Waals surface area contributed by atoms with Crippen LogP contribution in [0.25, 0.3) is 0 Å². The summed E-state index contributed by atoms with van der Waals surface area (Å²) < 4.78 is 37.7. The molecule has 1 rings (SSSR count). The summed E-state index contributed by atoms with van der Waals surface area (Å²) in [6.45, 7) is 6.86. The van der Waals surface area contributed by atoms with Crippen molar-refractivity contribution in [1.82, 2.24) is 10.3 Å². The maximum Gasteiger partial charge on any atom is 0.416 e. The number of alkyl halides is 3. The van der Waals surface area contributed by atoms with Crippen LogP contribution in [0, 0.1) is 5.92 Å². The van der Waals surface area contributed by atoms with E-state index in [4.69, 9.17) is 0 Å². The number of nitrogens with one attached hydrogen (secondary N) is 1. The van der Waals surface area contributed by atoms with Gasteiger partial charge in [0, 0.05) is 24.4 Å². The van der Waals surface area contributed by atoms with Gasteiger partial charge in [0.2, 0.25) is 0 Å². The molecule has 1 unspecified atom stereocenters. The summed E-state index contributed by atoms with van der Waals surface area (Å²) in [5.41, 5.74) is -0.157. The van der Waals surface area contributed by atoms with Gasteiger partial charge in [0.1, 0.15) is 0 Å². The molecule has 0 bridgehead atoms. The zero-order valence-corrected chi connectivity index (χ0v) is 10.9. The van der Waals surface area contributed by atoms with Crippen molar-refractivity contribution in [3.05, 3.63) is 29.6 Å². The molecule has 0 aromatic carbocycles. The van der Waals surface area contributed by atoms with Crippen molar-refractivity contribution in [3.8, 4) is 0 Å². The summed E-state index contributed by atoms with van der Waals surface area (Å²) in [7, 11) is 0. The van der Waals surface area contributed by atoms with E-state index in [1.807, 2.05) is 20.8 Å². The number of rotatable bonds is 5. The highest BCUT2D eigenvalue weighted by Gasteiger charge is 2.30. The molecule has 0 aliphatic rings. The molecule has 18 heavy (non-hydrogen) atoms. The molecule has 0 amide bonds. The first-order chi connectivity index (χ1) is 8.34. The zero-order valence-electron chi connectivity index (χ0n) is 10.9. The van der Waals surface area contributed by atoms with Crippen molar-refractivity contribution in [2.75, 3.05) is 6.54 Å². The van der Waals surface area contributed by atoms with E-state index in [1.165, 1.54) is 6.20 Å². The van der Waals surface area contributed by atoms with E-state index in [9.17, 15) is 13.2 Å². The quantitative estimate of drug-likeness (QED) is 0.878. The van der Waals surface area contributed by atoms with Crippen LogP contribution in [0.5, 0.6) is 0 Å². The predicted octanol–water partition coefficient (Wildman–Crippen LogP) is 3.28. The van der Waals surface area contributed by atoms with Crippen molar-refractivity contribution in [3.63, 3.8) is 0 Å². The van der Waals surface area contributed by atoms with Crippen LogP contribution in [0.3, 0.4) is 0 Å². The Kier molecular flexibility index (Phi) is 5.14. The molecule has 5 heteroatoms. The van der Waals surface area contributed by atoms with Gasteiger partial charge < -0.3 is 5.32 Å². The molecule has 0 radical (unpaired) electrons. The Morgan fingerprint density at radius 3 is 2.50 bits per heavy atom. The van der Waals surface area contributed by atoms with Crippen LogP contribution in [0.15, 0.2) is 18.3 Å². The van der Waals surface area contributed by atoms with E-state index < -0.39 is 11.7 Å². The third kappa shape index (κ3) is 4.29. The summed E-state index contributed by atoms with van der Waals surface area (Å²) in [4.78, 5) is 4.02. The molecule has 1 aromatic rings. The highest BCUT2D eigenvalue weighted by molar-refractivity contribution is 5.20. The molecular weight excluding hydrogens is 241 g/mol. The minimum atomic E-state index is -4.30. The van der Waals surface area contributed by atoms with Crippen molar-refractivity contribution < 1.29 is 13.2 Å². The molecule has 1 N–H and O–H groups in total. The van der Waals surface area contributed by atoms with Gasteiger partial charge in [0.15, 0.2) is 0 Å². The number of pyridine rings is 1. The van der Waals surface area contributed by atoms with Gasteiger partial charge in [0.25, 0.3) is 0 Å². The first-order valence-electron chi connectivity index (χ1n) is 6.10. The molecule has 0 fully saturated rings. The number of likely N-dealkylation sites (N-methyl/N-ethyl adjacent to an activating group) is 1. The maximum absolute atomic E-state index is 12.6. The van der Waals surface area contributed by atoms with Crippen molar-refractivity contribution in [1.29, 1.82) is 0 Å². The first-order valence-corrected chi connectivity index (χ1v) is 6.10. The average Bonchev–Trinajstić information content (AvgIpc) is 2.27. The summed E-state index contributed by atoms with van der Waals surface area (Å²) in [6.07, 6.45) is -2.57. The van der Waals surface area contributed by atoms with E-state index in [0.29, 0.717) is 18.0 Å². The monoisotopic (exact) mass is 260 g/mol. The van der Waals surface area contributed by atoms with Gasteiger partial charge in [-0.15, -0.1) is 0 Å². The lowest BCUT2D eigenvalue weighted by molar-refractivity contribution is -0.137. The minimum absolute atomic E-state index is 0.144. The van der Waals surface area contributed by atoms with Crippen LogP contribution in [-0.4, -0.2) is 17.6 Å². The summed E-state index contributed by atoms with van der Waals surface area (Å²) in [6, 6.07) is 2.28. The van der Waals surface area contributed by atoms with Gasteiger partial charge in [-0.25, -0.2) is 0 Å². The van der Waals surface area contributed by atoms with E-state index in [-0.39, 0.29) is 6.04 Å². The number of nitrogens with zero attached hydrogens (tertiary/aromatic N) is 1. The second-order valence-corrected chi connectivity index (χ2v) is 4.65. The van der Waals surface area contributed by atoms with Gasteiger partial charge in [-0.3, -0.25) is 4.98 Å². The highest BCUT2D eigenvalue weighted by Crippen LogP contribution is 2.29. The topological polar surface area (TPSA) is 24.9 Å². The van der Waals surface area contributed by atoms with Gasteiger partial charge in [-0.1, -0.05) is 20.8 Å². The molecule has 1 atom stereocenters. The third-order valence-corrected chi connectivity index (χ3v) is 2.84. The SMILES string of the molecule is CCNC(Cc1cc(C(F)(F)F)ccn1)C(C)C. The van der Waals surface area contributed by atoms with Gasteiger partial charge in [-0.2, -0.15) is 13.2 Å². The molecule has 0 saturated heterocycles. The lowest BCUT2D eigenvalue weighted by Crippen LogP contribution is -2.35. The maximum atomic E-state index is 12.6. The zero-order chi connectivity index (χ0) is 13.8. The Bertz CT molecular complexity index is 375. The number of halogens is 3. The lowest BCUT2D eigenvalue weighted by Gasteiger charge is -2.21. The predicted molar refractivity (Wildman–Crippen MR) is 65.2 cm³/mol. The molecule has 0 saturated carbocycles. The molecule has 0 aliphatic heterocycles. The summed E-state index contributed by atoms with van der Waals surface area (Å²) in [5.74, 6) is 0.348. The van der Waals surface area contributed by atoms with Crippen LogP contribution in [-0.2, 0) is 12.6 Å². The fourth-order valence-corrected chi connectivity index (χ4v) is 1.80. The normalized spacial score (nSPS) is 13.9. The van der Waals surface area contributed by atoms with Crippen LogP contribution < -0.4 is 5.32 Å². The second kappa shape index (κ2) is 6.18. The lowest BCUT2D eigenvalue weighted by atomic mass is 9.98. The van der Waals surface area contributed by atoms with Crippen molar-refractivity contribution in [2.45, 2.75) is 39.4 Å². The third-order valence-electron chi connectivity index (χ3n) is 2.84. The Morgan fingerprint density at radius 2 is 2.00 bits per heavy atom. The van der Waals surface area contributed by atoms with E-state index in [1.54, 1.807) is 0 Å². The minimum Gasteiger partial charge on any atom is -0.314 e. The Labute approximate surface area is 106 Å². The molecule has 0 aliphatic carbocycles. The molecule has 1 aromatic heterocycles. The van der Waals surface area contributed by atoms with Gasteiger partial charge >= 0.3 is 6.18 Å². The van der Waals surface area contributed by atoms with E-state index >= 15 is 0 Å². The van der Waals surface area contributed by atoms with Crippen molar-refractivity contribution in [2.24, 2.45) is 5.92 Å². The molecule has 102 valence electrons. The standard InChI is InChI=1S/C13H19F3N2/c1-4-17-12(9(2)3)8-11-7-10(5-6-18-11)13(14,15)16/h5-7,9,12,17H,4,8H2,1-3H3. The molecule has 1 heterocycles. The number of aromatic nitrogens is 1. The summed E-state index contributed by atoms with van der Waals surface area (Å²) in [5, 5.41) is 3.27. The van der Waals surface area contributed by atoms with Crippen LogP contribution in [0.2, 0.25) is 0 Å². The van der Waals surface area contributed by atoms with Crippen LogP contribution >= 0.6 is 0 Å². The van der Waals surface area contributed by atoms with Gasteiger partial charge in [0.05, 0.1) is 5.56 Å². The fourth-order valence-electron chi connectivity index (χ4n) is 1.80. The molecule has 2 nitrogen and oxygen atoms in total. The van der Waals surface area contributed by atoms with Crippen molar-refractivity contribution >= 4 is 0 Å². The highest BCUT2D eigenvalue weighted by atomic mass is 19.4. The molecular formula is C13H19F3N2. The van der Waals surface area contributed by atoms with Crippen LogP contribution in [0.1, 0.15) is 32.0 Å². The Hall–Kier alpha value is -1.10. The summed E-state index contributed by atoms with van der Waals surface area (Å²) >= 11 is 0. The Balaban J connectivity index is 2.83. The first kappa shape index (κ1) is 15.0. The Morgan fingerprint density at radius 1 is 1.33 bits per heavy atom. The van der Waals surface area contributed by atoms with E-state index in [2.05, 4.69) is 10.3 Å². The largest absolute Gasteiger partial charge is 0.416 e. The second-order valence-electron chi connectivity index (χ2n) is 4.65. The average molecular weight is 260 g/mol. The number of hydrogen-bond acceptors (Lipinski definition) is 2. The number of hydrogen-bond donors (Lipinski definition) is 1. The van der Waals surface area contributed by atoms with E-state index in [0.717, 1.165) is 18.7 Å². The fraction of sp³-hybridized carbons (Fsp3) is 0.615.